The standard InChI is InChI=1S/C17H16N2O2/c20-19(21)15-7-3-6-12-8-9-18-11-14-5-2-1-4-13(14)10-16(18)17(12)15/h1-7,16H,8-11H2. The molecule has 0 aliphatic carbocycles. The van der Waals surface area contributed by atoms with Gasteiger partial charge in [-0.25, -0.2) is 0 Å². The molecule has 2 aromatic carbocycles. The lowest BCUT2D eigenvalue weighted by atomic mass is 9.83. The van der Waals surface area contributed by atoms with Crippen LogP contribution >= 0.6 is 0 Å². The predicted octanol–water partition coefficient (Wildman–Crippen LogP) is 3.25. The Morgan fingerprint density at radius 2 is 1.81 bits per heavy atom. The molecule has 2 heterocycles. The molecule has 0 N–H and O–H groups in total. The van der Waals surface area contributed by atoms with Crippen molar-refractivity contribution in [2.45, 2.75) is 25.4 Å². The van der Waals surface area contributed by atoms with Crippen LogP contribution in [0.1, 0.15) is 28.3 Å². The molecule has 0 saturated carbocycles. The SMILES string of the molecule is O=[N+]([O-])c1cccc2c1C1Cc3ccccc3CN1CC2. The Morgan fingerprint density at radius 1 is 1.05 bits per heavy atom. The maximum atomic E-state index is 11.4. The average Bonchev–Trinajstić information content (AvgIpc) is 2.52. The first-order valence-corrected chi connectivity index (χ1v) is 7.31. The van der Waals surface area contributed by atoms with Crippen LogP contribution in [0.2, 0.25) is 0 Å². The largest absolute Gasteiger partial charge is 0.291 e. The minimum Gasteiger partial charge on any atom is -0.291 e. The van der Waals surface area contributed by atoms with Crippen molar-refractivity contribution in [1.82, 2.24) is 4.90 Å². The molecule has 21 heavy (non-hydrogen) atoms. The van der Waals surface area contributed by atoms with Gasteiger partial charge in [-0.05, 0) is 29.5 Å². The molecule has 0 radical (unpaired) electrons. The molecule has 2 aliphatic rings. The molecule has 1 atom stereocenters. The first kappa shape index (κ1) is 12.5. The second-order valence-corrected chi connectivity index (χ2v) is 5.82. The highest BCUT2D eigenvalue weighted by Crippen LogP contribution is 2.41. The molecular formula is C17H16N2O2. The predicted molar refractivity (Wildman–Crippen MR) is 80.1 cm³/mol. The van der Waals surface area contributed by atoms with Gasteiger partial charge in [-0.3, -0.25) is 15.0 Å². The lowest BCUT2D eigenvalue weighted by Crippen LogP contribution is -2.39. The van der Waals surface area contributed by atoms with E-state index in [2.05, 4.69) is 29.2 Å². The maximum absolute atomic E-state index is 11.4. The van der Waals surface area contributed by atoms with Crippen molar-refractivity contribution in [3.63, 3.8) is 0 Å². The third-order valence-corrected chi connectivity index (χ3v) is 4.72. The molecule has 0 aromatic heterocycles. The van der Waals surface area contributed by atoms with Crippen LogP contribution in [0.3, 0.4) is 0 Å². The van der Waals surface area contributed by atoms with Gasteiger partial charge in [0.25, 0.3) is 5.69 Å². The van der Waals surface area contributed by atoms with Crippen molar-refractivity contribution < 1.29 is 4.92 Å². The van der Waals surface area contributed by atoms with Crippen molar-refractivity contribution in [3.05, 3.63) is 74.8 Å². The topological polar surface area (TPSA) is 46.4 Å². The van der Waals surface area contributed by atoms with E-state index in [1.54, 1.807) is 6.07 Å². The number of fused-ring (bicyclic) bond motifs is 4. The van der Waals surface area contributed by atoms with Crippen LogP contribution in [0, 0.1) is 10.1 Å². The summed E-state index contributed by atoms with van der Waals surface area (Å²) in [6.45, 7) is 1.87. The Morgan fingerprint density at radius 3 is 2.62 bits per heavy atom. The summed E-state index contributed by atoms with van der Waals surface area (Å²) in [5.74, 6) is 0. The molecular weight excluding hydrogens is 264 g/mol. The lowest BCUT2D eigenvalue weighted by molar-refractivity contribution is -0.386. The fourth-order valence-electron chi connectivity index (χ4n) is 3.72. The highest BCUT2D eigenvalue weighted by Gasteiger charge is 2.36. The average molecular weight is 280 g/mol. The van der Waals surface area contributed by atoms with Gasteiger partial charge in [-0.1, -0.05) is 36.4 Å². The molecule has 4 rings (SSSR count). The number of nitro groups is 1. The summed E-state index contributed by atoms with van der Waals surface area (Å²) < 4.78 is 0. The van der Waals surface area contributed by atoms with Gasteiger partial charge in [-0.15, -0.1) is 0 Å². The number of hydrogen-bond donors (Lipinski definition) is 0. The van der Waals surface area contributed by atoms with E-state index in [0.29, 0.717) is 0 Å². The van der Waals surface area contributed by atoms with Crippen LogP contribution < -0.4 is 0 Å². The van der Waals surface area contributed by atoms with Gasteiger partial charge in [-0.2, -0.15) is 0 Å². The van der Waals surface area contributed by atoms with E-state index in [1.165, 1.54) is 11.1 Å². The number of nitro benzene ring substituents is 1. The molecule has 0 spiro atoms. The molecule has 1 unspecified atom stereocenters. The van der Waals surface area contributed by atoms with Gasteiger partial charge in [0.05, 0.1) is 10.5 Å². The third kappa shape index (κ3) is 1.94. The molecule has 2 aliphatic heterocycles. The van der Waals surface area contributed by atoms with E-state index in [4.69, 9.17) is 0 Å². The Balaban J connectivity index is 1.84. The van der Waals surface area contributed by atoms with Gasteiger partial charge in [0.15, 0.2) is 0 Å². The first-order valence-electron chi connectivity index (χ1n) is 7.31. The number of nitrogens with zero attached hydrogens (tertiary/aromatic N) is 2. The van der Waals surface area contributed by atoms with Crippen molar-refractivity contribution in [2.24, 2.45) is 0 Å². The van der Waals surface area contributed by atoms with Crippen molar-refractivity contribution in [3.8, 4) is 0 Å². The summed E-state index contributed by atoms with van der Waals surface area (Å²) in [6, 6.07) is 14.1. The van der Waals surface area contributed by atoms with Gasteiger partial charge in [0.2, 0.25) is 0 Å². The summed E-state index contributed by atoms with van der Waals surface area (Å²) in [7, 11) is 0. The summed E-state index contributed by atoms with van der Waals surface area (Å²) in [5.41, 5.74) is 5.04. The van der Waals surface area contributed by atoms with Crippen molar-refractivity contribution >= 4 is 5.69 Å². The molecule has 0 saturated heterocycles. The fraction of sp³-hybridized carbons (Fsp3) is 0.294. The highest BCUT2D eigenvalue weighted by molar-refractivity contribution is 5.50. The van der Waals surface area contributed by atoms with E-state index in [1.807, 2.05) is 12.1 Å². The lowest BCUT2D eigenvalue weighted by Gasteiger charge is -2.40. The Hall–Kier alpha value is -2.20. The fourth-order valence-corrected chi connectivity index (χ4v) is 3.72. The normalized spacial score (nSPS) is 20.3. The van der Waals surface area contributed by atoms with E-state index >= 15 is 0 Å². The number of benzene rings is 2. The minimum atomic E-state index is -0.233. The summed E-state index contributed by atoms with van der Waals surface area (Å²) >= 11 is 0. The summed E-state index contributed by atoms with van der Waals surface area (Å²) in [5, 5.41) is 11.4. The van der Waals surface area contributed by atoms with Crippen LogP contribution in [0.25, 0.3) is 0 Å². The second-order valence-electron chi connectivity index (χ2n) is 5.82. The number of hydrogen-bond acceptors (Lipinski definition) is 3. The molecule has 0 fully saturated rings. The number of rotatable bonds is 1. The molecule has 0 bridgehead atoms. The quantitative estimate of drug-likeness (QED) is 0.595. The van der Waals surface area contributed by atoms with E-state index in [0.717, 1.165) is 37.1 Å². The third-order valence-electron chi connectivity index (χ3n) is 4.72. The smallest absolute Gasteiger partial charge is 0.274 e. The van der Waals surface area contributed by atoms with E-state index < -0.39 is 0 Å². The Bertz CT molecular complexity index is 726. The van der Waals surface area contributed by atoms with Crippen LogP contribution in [-0.4, -0.2) is 16.4 Å². The van der Waals surface area contributed by atoms with Crippen LogP contribution in [0.15, 0.2) is 42.5 Å². The van der Waals surface area contributed by atoms with Crippen molar-refractivity contribution in [2.75, 3.05) is 6.54 Å². The zero-order valence-electron chi connectivity index (χ0n) is 11.7. The minimum absolute atomic E-state index is 0.144. The van der Waals surface area contributed by atoms with Crippen LogP contribution in [0.5, 0.6) is 0 Å². The maximum Gasteiger partial charge on any atom is 0.274 e. The zero-order valence-corrected chi connectivity index (χ0v) is 11.7. The highest BCUT2D eigenvalue weighted by atomic mass is 16.6. The van der Waals surface area contributed by atoms with Crippen LogP contribution in [0.4, 0.5) is 5.69 Å². The van der Waals surface area contributed by atoms with E-state index in [-0.39, 0.29) is 16.7 Å². The summed E-state index contributed by atoms with van der Waals surface area (Å²) in [6.07, 6.45) is 1.77. The van der Waals surface area contributed by atoms with Gasteiger partial charge < -0.3 is 0 Å². The monoisotopic (exact) mass is 280 g/mol. The molecule has 2 aromatic rings. The van der Waals surface area contributed by atoms with Crippen molar-refractivity contribution in [1.29, 1.82) is 0 Å². The first-order chi connectivity index (χ1) is 10.2. The Labute approximate surface area is 123 Å². The zero-order chi connectivity index (χ0) is 14.4. The van der Waals surface area contributed by atoms with Crippen LogP contribution in [-0.2, 0) is 19.4 Å². The second kappa shape index (κ2) is 4.67. The van der Waals surface area contributed by atoms with Gasteiger partial charge in [0, 0.05) is 25.2 Å². The summed E-state index contributed by atoms with van der Waals surface area (Å²) in [4.78, 5) is 13.5. The molecule has 4 nitrogen and oxygen atoms in total. The van der Waals surface area contributed by atoms with Gasteiger partial charge in [0.1, 0.15) is 0 Å². The van der Waals surface area contributed by atoms with Gasteiger partial charge >= 0.3 is 0 Å². The van der Waals surface area contributed by atoms with E-state index in [9.17, 15) is 10.1 Å². The molecule has 0 amide bonds. The molecule has 106 valence electrons. The Kier molecular flexibility index (Phi) is 2.79. The molecule has 4 heteroatoms.